The van der Waals surface area contributed by atoms with E-state index in [1.807, 2.05) is 6.92 Å². The number of aryl methyl sites for hydroxylation is 1. The fourth-order valence-electron chi connectivity index (χ4n) is 2.23. The summed E-state index contributed by atoms with van der Waals surface area (Å²) in [7, 11) is 0. The third-order valence-corrected chi connectivity index (χ3v) is 3.22. The van der Waals surface area contributed by atoms with Crippen molar-refractivity contribution in [3.05, 3.63) is 11.4 Å². The highest BCUT2D eigenvalue weighted by Gasteiger charge is 2.14. The van der Waals surface area contributed by atoms with Gasteiger partial charge in [-0.1, -0.05) is 6.42 Å². The first-order valence-electron chi connectivity index (χ1n) is 6.81. The zero-order valence-electron chi connectivity index (χ0n) is 11.6. The van der Waals surface area contributed by atoms with Crippen LogP contribution in [0.15, 0.2) is 0 Å². The van der Waals surface area contributed by atoms with Gasteiger partial charge in [0.05, 0.1) is 0 Å². The summed E-state index contributed by atoms with van der Waals surface area (Å²) in [4.78, 5) is 8.94. The molecule has 1 aliphatic rings. The fraction of sp³-hybridized carbons (Fsp3) is 0.692. The van der Waals surface area contributed by atoms with Crippen molar-refractivity contribution in [2.45, 2.75) is 40.0 Å². The van der Waals surface area contributed by atoms with Gasteiger partial charge in [0.2, 0.25) is 0 Å². The summed E-state index contributed by atoms with van der Waals surface area (Å²) >= 11 is 0. The summed E-state index contributed by atoms with van der Waals surface area (Å²) in [5.41, 5.74) is 4.52. The van der Waals surface area contributed by atoms with Crippen molar-refractivity contribution in [2.75, 3.05) is 30.4 Å². The molecular formula is C13H23N5. The number of hydrogen-bond acceptors (Lipinski definition) is 5. The smallest absolute Gasteiger partial charge is 0.149 e. The summed E-state index contributed by atoms with van der Waals surface area (Å²) in [6.07, 6.45) is 3.86. The molecule has 5 heteroatoms. The molecule has 0 aliphatic carbocycles. The van der Waals surface area contributed by atoms with E-state index in [0.717, 1.165) is 42.7 Å². The Hall–Kier alpha value is -1.36. The highest BCUT2D eigenvalue weighted by atomic mass is 15.5. The maximum atomic E-state index is 4.51. The van der Waals surface area contributed by atoms with Crippen LogP contribution in [0.25, 0.3) is 0 Å². The molecule has 2 rings (SSSR count). The highest BCUT2D eigenvalue weighted by Crippen LogP contribution is 2.21. The van der Waals surface area contributed by atoms with Gasteiger partial charge in [0.1, 0.15) is 17.5 Å². The normalized spacial score (nSPS) is 16.6. The summed E-state index contributed by atoms with van der Waals surface area (Å²) in [5, 5.41) is 5.54. The minimum atomic E-state index is 0.802. The monoisotopic (exact) mass is 249 g/mol. The maximum Gasteiger partial charge on any atom is 0.149 e. The molecule has 0 atom stereocenters. The van der Waals surface area contributed by atoms with Crippen molar-refractivity contribution >= 4 is 11.6 Å². The van der Waals surface area contributed by atoms with Crippen LogP contribution in [-0.4, -0.2) is 34.6 Å². The van der Waals surface area contributed by atoms with Crippen LogP contribution in [-0.2, 0) is 0 Å². The molecule has 0 radical (unpaired) electrons. The number of hydrogen-bond donors (Lipinski definition) is 2. The van der Waals surface area contributed by atoms with Gasteiger partial charge in [0.25, 0.3) is 0 Å². The summed E-state index contributed by atoms with van der Waals surface area (Å²) < 4.78 is 0. The number of nitrogens with one attached hydrogen (secondary N) is 2. The predicted molar refractivity (Wildman–Crippen MR) is 74.7 cm³/mol. The number of piperidine rings is 1. The van der Waals surface area contributed by atoms with Crippen molar-refractivity contribution < 1.29 is 0 Å². The molecule has 1 saturated heterocycles. The zero-order valence-corrected chi connectivity index (χ0v) is 11.6. The minimum Gasteiger partial charge on any atom is -0.370 e. The Kier molecular flexibility index (Phi) is 4.36. The van der Waals surface area contributed by atoms with Gasteiger partial charge in [0, 0.05) is 25.2 Å². The molecule has 0 saturated carbocycles. The lowest BCUT2D eigenvalue weighted by Crippen LogP contribution is -2.35. The van der Waals surface area contributed by atoms with Gasteiger partial charge in [0.15, 0.2) is 0 Å². The number of rotatable bonds is 4. The van der Waals surface area contributed by atoms with E-state index in [1.165, 1.54) is 19.3 Å². The Morgan fingerprint density at radius 2 is 1.72 bits per heavy atom. The lowest BCUT2D eigenvalue weighted by atomic mass is 10.2. The van der Waals surface area contributed by atoms with Crippen LogP contribution in [0, 0.1) is 13.8 Å². The molecule has 0 aromatic carbocycles. The molecule has 0 spiro atoms. The molecule has 1 aromatic rings. The van der Waals surface area contributed by atoms with Crippen molar-refractivity contribution in [1.29, 1.82) is 0 Å². The van der Waals surface area contributed by atoms with Crippen LogP contribution in [0.5, 0.6) is 0 Å². The molecule has 100 valence electrons. The van der Waals surface area contributed by atoms with Crippen molar-refractivity contribution in [3.63, 3.8) is 0 Å². The van der Waals surface area contributed by atoms with E-state index in [1.54, 1.807) is 0 Å². The zero-order chi connectivity index (χ0) is 13.0. The number of anilines is 2. The minimum absolute atomic E-state index is 0.802. The first-order valence-corrected chi connectivity index (χ1v) is 6.81. The average Bonchev–Trinajstić information content (AvgIpc) is 2.36. The Balaban J connectivity index is 2.15. The quantitative estimate of drug-likeness (QED) is 0.858. The predicted octanol–water partition coefficient (Wildman–Crippen LogP) is 2.34. The molecule has 2 N–H and O–H groups in total. The first-order chi connectivity index (χ1) is 8.70. The summed E-state index contributed by atoms with van der Waals surface area (Å²) in [6.45, 7) is 9.14. The second-order valence-electron chi connectivity index (χ2n) is 4.78. The van der Waals surface area contributed by atoms with E-state index in [9.17, 15) is 0 Å². The van der Waals surface area contributed by atoms with Gasteiger partial charge in [-0.25, -0.2) is 15.0 Å². The number of nitrogens with zero attached hydrogens (tertiary/aromatic N) is 3. The van der Waals surface area contributed by atoms with Crippen LogP contribution in [0.1, 0.15) is 37.6 Å². The molecular weight excluding hydrogens is 226 g/mol. The molecule has 1 aromatic heterocycles. The molecule has 1 aliphatic heterocycles. The molecule has 5 nitrogen and oxygen atoms in total. The summed E-state index contributed by atoms with van der Waals surface area (Å²) in [6, 6.07) is 0. The molecule has 2 heterocycles. The van der Waals surface area contributed by atoms with E-state index in [4.69, 9.17) is 0 Å². The van der Waals surface area contributed by atoms with E-state index in [-0.39, 0.29) is 0 Å². The van der Waals surface area contributed by atoms with Gasteiger partial charge in [-0.3, -0.25) is 0 Å². The molecule has 18 heavy (non-hydrogen) atoms. The second-order valence-corrected chi connectivity index (χ2v) is 4.78. The SMILES string of the molecule is CCNc1nc(C)nc(NN2CCCCC2)c1C. The fourth-order valence-corrected chi connectivity index (χ4v) is 2.23. The largest absolute Gasteiger partial charge is 0.370 e. The molecule has 1 fully saturated rings. The molecule has 0 bridgehead atoms. The van der Waals surface area contributed by atoms with Crippen LogP contribution >= 0.6 is 0 Å². The summed E-state index contributed by atoms with van der Waals surface area (Å²) in [5.74, 6) is 2.67. The lowest BCUT2D eigenvalue weighted by Gasteiger charge is -2.28. The van der Waals surface area contributed by atoms with Crippen LogP contribution < -0.4 is 10.7 Å². The molecule has 0 amide bonds. The average molecular weight is 249 g/mol. The highest BCUT2D eigenvalue weighted by molar-refractivity contribution is 5.56. The van der Waals surface area contributed by atoms with Crippen LogP contribution in [0.4, 0.5) is 11.6 Å². The maximum absolute atomic E-state index is 4.51. The Morgan fingerprint density at radius 1 is 1.06 bits per heavy atom. The standard InChI is InChI=1S/C13H23N5/c1-4-14-12-10(2)13(16-11(3)15-12)17-18-8-6-5-7-9-18/h4-9H2,1-3H3,(H2,14,15,16,17). The van der Waals surface area contributed by atoms with E-state index >= 15 is 0 Å². The second kappa shape index (κ2) is 6.00. The molecule has 0 unspecified atom stereocenters. The van der Waals surface area contributed by atoms with E-state index in [0.29, 0.717) is 0 Å². The third-order valence-electron chi connectivity index (χ3n) is 3.22. The van der Waals surface area contributed by atoms with Crippen LogP contribution in [0.2, 0.25) is 0 Å². The van der Waals surface area contributed by atoms with Crippen molar-refractivity contribution in [1.82, 2.24) is 15.0 Å². The number of aromatic nitrogens is 2. The lowest BCUT2D eigenvalue weighted by molar-refractivity contribution is 0.272. The number of hydrazine groups is 1. The Bertz CT molecular complexity index is 399. The van der Waals surface area contributed by atoms with Gasteiger partial charge in [-0.15, -0.1) is 0 Å². The van der Waals surface area contributed by atoms with Gasteiger partial charge >= 0.3 is 0 Å². The van der Waals surface area contributed by atoms with Gasteiger partial charge < -0.3 is 10.7 Å². The third kappa shape index (κ3) is 3.10. The topological polar surface area (TPSA) is 53.1 Å². The Morgan fingerprint density at radius 3 is 2.39 bits per heavy atom. The van der Waals surface area contributed by atoms with Gasteiger partial charge in [-0.2, -0.15) is 0 Å². The first kappa shape index (κ1) is 13.1. The van der Waals surface area contributed by atoms with Crippen LogP contribution in [0.3, 0.4) is 0 Å². The van der Waals surface area contributed by atoms with E-state index < -0.39 is 0 Å². The van der Waals surface area contributed by atoms with Crippen molar-refractivity contribution in [3.8, 4) is 0 Å². The Labute approximate surface area is 109 Å². The van der Waals surface area contributed by atoms with E-state index in [2.05, 4.69) is 39.6 Å². The van der Waals surface area contributed by atoms with Gasteiger partial charge in [-0.05, 0) is 33.6 Å². The van der Waals surface area contributed by atoms with Crippen molar-refractivity contribution in [2.24, 2.45) is 0 Å².